The first kappa shape index (κ1) is 21.4. The Balaban J connectivity index is 1.76. The van der Waals surface area contributed by atoms with Gasteiger partial charge in [0.2, 0.25) is 0 Å². The van der Waals surface area contributed by atoms with E-state index in [4.69, 9.17) is 9.47 Å². The molecule has 1 atom stereocenters. The number of amides is 1. The zero-order valence-electron chi connectivity index (χ0n) is 17.4. The molecule has 0 aliphatic heterocycles. The van der Waals surface area contributed by atoms with E-state index in [1.54, 1.807) is 30.3 Å². The van der Waals surface area contributed by atoms with Crippen LogP contribution >= 0.6 is 0 Å². The highest BCUT2D eigenvalue weighted by Crippen LogP contribution is 2.25. The molecule has 0 aliphatic carbocycles. The Morgan fingerprint density at radius 2 is 1.73 bits per heavy atom. The fourth-order valence-corrected chi connectivity index (χ4v) is 3.12. The predicted octanol–water partition coefficient (Wildman–Crippen LogP) is 5.60. The maximum atomic E-state index is 13.1. The van der Waals surface area contributed by atoms with E-state index in [1.807, 2.05) is 45.0 Å². The number of halogens is 1. The van der Waals surface area contributed by atoms with Gasteiger partial charge in [0.25, 0.3) is 5.91 Å². The molecular weight excluding hydrogens is 381 g/mol. The first-order chi connectivity index (χ1) is 14.5. The summed E-state index contributed by atoms with van der Waals surface area (Å²) in [5.74, 6) is 0.961. The molecule has 1 amide bonds. The maximum absolute atomic E-state index is 13.1. The van der Waals surface area contributed by atoms with Crippen molar-refractivity contribution in [3.05, 3.63) is 94.8 Å². The average Bonchev–Trinajstić information content (AvgIpc) is 2.74. The third-order valence-corrected chi connectivity index (χ3v) is 4.82. The normalized spacial score (nSPS) is 11.6. The van der Waals surface area contributed by atoms with Crippen molar-refractivity contribution in [2.45, 2.75) is 33.4 Å². The molecule has 1 unspecified atom stereocenters. The average molecular weight is 407 g/mol. The van der Waals surface area contributed by atoms with Crippen LogP contribution in [-0.4, -0.2) is 12.5 Å². The van der Waals surface area contributed by atoms with Crippen LogP contribution in [0.5, 0.6) is 11.5 Å². The van der Waals surface area contributed by atoms with E-state index >= 15 is 0 Å². The van der Waals surface area contributed by atoms with Crippen molar-refractivity contribution in [2.75, 3.05) is 6.61 Å². The second kappa shape index (κ2) is 9.92. The molecule has 0 aliphatic rings. The SMILES string of the molecule is CCOc1ccc(C(=O)NC(C)c2ccc(F)cc2)cc1COc1ccccc1C. The van der Waals surface area contributed by atoms with Crippen LogP contribution in [0, 0.1) is 12.7 Å². The molecule has 0 fully saturated rings. The number of carbonyl (C=O) groups excluding carboxylic acids is 1. The van der Waals surface area contributed by atoms with Crippen molar-refractivity contribution < 1.29 is 18.7 Å². The van der Waals surface area contributed by atoms with Crippen LogP contribution in [-0.2, 0) is 6.61 Å². The quantitative estimate of drug-likeness (QED) is 0.528. The van der Waals surface area contributed by atoms with E-state index in [1.165, 1.54) is 12.1 Å². The summed E-state index contributed by atoms with van der Waals surface area (Å²) in [6.45, 7) is 6.57. The number of rotatable bonds is 8. The zero-order chi connectivity index (χ0) is 21.5. The van der Waals surface area contributed by atoms with Gasteiger partial charge in [-0.15, -0.1) is 0 Å². The van der Waals surface area contributed by atoms with Gasteiger partial charge >= 0.3 is 0 Å². The maximum Gasteiger partial charge on any atom is 0.251 e. The summed E-state index contributed by atoms with van der Waals surface area (Å²) in [4.78, 5) is 12.8. The molecule has 5 heteroatoms. The lowest BCUT2D eigenvalue weighted by Crippen LogP contribution is -2.26. The predicted molar refractivity (Wildman–Crippen MR) is 115 cm³/mol. The van der Waals surface area contributed by atoms with Crippen molar-refractivity contribution in [3.8, 4) is 11.5 Å². The highest BCUT2D eigenvalue weighted by Gasteiger charge is 2.15. The molecule has 0 aromatic heterocycles. The Hall–Kier alpha value is -3.34. The van der Waals surface area contributed by atoms with Gasteiger partial charge in [-0.3, -0.25) is 4.79 Å². The minimum Gasteiger partial charge on any atom is -0.493 e. The van der Waals surface area contributed by atoms with Crippen molar-refractivity contribution in [1.82, 2.24) is 5.32 Å². The van der Waals surface area contributed by atoms with Crippen molar-refractivity contribution >= 4 is 5.91 Å². The lowest BCUT2D eigenvalue weighted by atomic mass is 10.1. The van der Waals surface area contributed by atoms with Crippen LogP contribution in [0.15, 0.2) is 66.7 Å². The van der Waals surface area contributed by atoms with Gasteiger partial charge in [0.1, 0.15) is 23.9 Å². The summed E-state index contributed by atoms with van der Waals surface area (Å²) in [7, 11) is 0. The number of nitrogens with one attached hydrogen (secondary N) is 1. The Kier molecular flexibility index (Phi) is 7.07. The topological polar surface area (TPSA) is 47.6 Å². The van der Waals surface area contributed by atoms with Crippen molar-refractivity contribution in [2.24, 2.45) is 0 Å². The second-order valence-corrected chi connectivity index (χ2v) is 7.06. The van der Waals surface area contributed by atoms with E-state index in [0.717, 1.165) is 22.4 Å². The molecule has 4 nitrogen and oxygen atoms in total. The first-order valence-electron chi connectivity index (χ1n) is 9.98. The van der Waals surface area contributed by atoms with Gasteiger partial charge in [0.05, 0.1) is 12.6 Å². The molecule has 0 bridgehead atoms. The number of hydrogen-bond donors (Lipinski definition) is 1. The summed E-state index contributed by atoms with van der Waals surface area (Å²) in [6.07, 6.45) is 0. The molecule has 3 aromatic carbocycles. The van der Waals surface area contributed by atoms with Gasteiger partial charge in [-0.1, -0.05) is 30.3 Å². The summed E-state index contributed by atoms with van der Waals surface area (Å²) in [5, 5.41) is 2.95. The van der Waals surface area contributed by atoms with Crippen LogP contribution in [0.4, 0.5) is 4.39 Å². The number of benzene rings is 3. The molecule has 0 radical (unpaired) electrons. The lowest BCUT2D eigenvalue weighted by molar-refractivity contribution is 0.0939. The van der Waals surface area contributed by atoms with Crippen LogP contribution in [0.25, 0.3) is 0 Å². The van der Waals surface area contributed by atoms with Gasteiger partial charge in [-0.05, 0) is 68.3 Å². The number of ether oxygens (including phenoxy) is 2. The lowest BCUT2D eigenvalue weighted by Gasteiger charge is -2.17. The smallest absolute Gasteiger partial charge is 0.251 e. The van der Waals surface area contributed by atoms with Crippen LogP contribution in [0.2, 0.25) is 0 Å². The molecule has 1 N–H and O–H groups in total. The van der Waals surface area contributed by atoms with Crippen LogP contribution < -0.4 is 14.8 Å². The van der Waals surface area contributed by atoms with Gasteiger partial charge in [-0.25, -0.2) is 4.39 Å². The van der Waals surface area contributed by atoms with Crippen molar-refractivity contribution in [1.29, 1.82) is 0 Å². The Morgan fingerprint density at radius 1 is 1.00 bits per heavy atom. The van der Waals surface area contributed by atoms with Gasteiger partial charge in [0.15, 0.2) is 0 Å². The minimum atomic E-state index is -0.304. The largest absolute Gasteiger partial charge is 0.493 e. The summed E-state index contributed by atoms with van der Waals surface area (Å²) >= 11 is 0. The summed E-state index contributed by atoms with van der Waals surface area (Å²) in [5.41, 5.74) is 3.18. The number of aryl methyl sites for hydroxylation is 1. The molecule has 3 aromatic rings. The third-order valence-electron chi connectivity index (χ3n) is 4.82. The van der Waals surface area contributed by atoms with E-state index in [9.17, 15) is 9.18 Å². The van der Waals surface area contributed by atoms with E-state index in [2.05, 4.69) is 5.32 Å². The Bertz CT molecular complexity index is 1000. The third kappa shape index (κ3) is 5.38. The zero-order valence-corrected chi connectivity index (χ0v) is 17.4. The van der Waals surface area contributed by atoms with Crippen molar-refractivity contribution in [3.63, 3.8) is 0 Å². The number of hydrogen-bond acceptors (Lipinski definition) is 3. The number of para-hydroxylation sites is 1. The Labute approximate surface area is 176 Å². The van der Waals surface area contributed by atoms with Gasteiger partial charge < -0.3 is 14.8 Å². The highest BCUT2D eigenvalue weighted by molar-refractivity contribution is 5.94. The van der Waals surface area contributed by atoms with E-state index in [0.29, 0.717) is 17.9 Å². The van der Waals surface area contributed by atoms with Gasteiger partial charge in [-0.2, -0.15) is 0 Å². The molecule has 3 rings (SSSR count). The van der Waals surface area contributed by atoms with Crippen LogP contribution in [0.1, 0.15) is 46.9 Å². The summed E-state index contributed by atoms with van der Waals surface area (Å²) in [6, 6.07) is 18.9. The minimum absolute atomic E-state index is 0.216. The molecule has 0 saturated carbocycles. The molecular formula is C25H26FNO3. The summed E-state index contributed by atoms with van der Waals surface area (Å²) < 4.78 is 24.8. The van der Waals surface area contributed by atoms with Crippen LogP contribution in [0.3, 0.4) is 0 Å². The number of carbonyl (C=O) groups is 1. The fourth-order valence-electron chi connectivity index (χ4n) is 3.12. The molecule has 0 heterocycles. The first-order valence-corrected chi connectivity index (χ1v) is 9.98. The standard InChI is InChI=1S/C25H26FNO3/c1-4-29-24-14-11-20(15-21(24)16-30-23-8-6-5-7-17(23)2)25(28)27-18(3)19-9-12-22(26)13-10-19/h5-15,18H,4,16H2,1-3H3,(H,27,28). The molecule has 0 spiro atoms. The highest BCUT2D eigenvalue weighted by atomic mass is 19.1. The fraction of sp³-hybridized carbons (Fsp3) is 0.240. The van der Waals surface area contributed by atoms with E-state index < -0.39 is 0 Å². The van der Waals surface area contributed by atoms with Gasteiger partial charge in [0, 0.05) is 11.1 Å². The van der Waals surface area contributed by atoms with E-state index in [-0.39, 0.29) is 24.4 Å². The molecule has 30 heavy (non-hydrogen) atoms. The molecule has 156 valence electrons. The second-order valence-electron chi connectivity index (χ2n) is 7.06. The Morgan fingerprint density at radius 3 is 2.43 bits per heavy atom. The molecule has 0 saturated heterocycles. The monoisotopic (exact) mass is 407 g/mol.